The molecule has 2 amide bonds. The molecule has 0 saturated carbocycles. The third-order valence-corrected chi connectivity index (χ3v) is 3.59. The predicted octanol–water partition coefficient (Wildman–Crippen LogP) is 0.656. The molecule has 2 saturated heterocycles. The van der Waals surface area contributed by atoms with Gasteiger partial charge in [0.15, 0.2) is 0 Å². The third-order valence-electron chi connectivity index (χ3n) is 3.59. The van der Waals surface area contributed by atoms with E-state index in [1.165, 1.54) is 0 Å². The van der Waals surface area contributed by atoms with E-state index in [0.29, 0.717) is 6.61 Å². The number of carbonyl (C=O) groups is 2. The van der Waals surface area contributed by atoms with Crippen molar-refractivity contribution in [1.82, 2.24) is 5.06 Å². The van der Waals surface area contributed by atoms with Crippen LogP contribution in [0.5, 0.6) is 0 Å². The van der Waals surface area contributed by atoms with Crippen LogP contribution in [-0.2, 0) is 19.2 Å². The number of hydrogen-bond donors (Lipinski definition) is 0. The van der Waals surface area contributed by atoms with Gasteiger partial charge in [-0.15, -0.1) is 0 Å². The molecule has 5 nitrogen and oxygen atoms in total. The summed E-state index contributed by atoms with van der Waals surface area (Å²) >= 11 is 0. The molecule has 4 atom stereocenters. The van der Waals surface area contributed by atoms with Gasteiger partial charge in [0.25, 0.3) is 11.8 Å². The Balaban J connectivity index is 1.74. The molecule has 92 valence electrons. The SMILES string of the molecule is CCCCON1C(=O)C2C3C=CC(O3)C2C1=O. The van der Waals surface area contributed by atoms with E-state index < -0.39 is 0 Å². The maximum absolute atomic E-state index is 12.0. The van der Waals surface area contributed by atoms with E-state index in [1.54, 1.807) is 0 Å². The van der Waals surface area contributed by atoms with Gasteiger partial charge in [-0.1, -0.05) is 25.5 Å². The Labute approximate surface area is 99.3 Å². The molecular weight excluding hydrogens is 222 g/mol. The van der Waals surface area contributed by atoms with Crippen molar-refractivity contribution in [3.63, 3.8) is 0 Å². The Morgan fingerprint density at radius 1 is 1.24 bits per heavy atom. The minimum Gasteiger partial charge on any atom is -0.365 e. The molecule has 3 heterocycles. The number of rotatable bonds is 4. The van der Waals surface area contributed by atoms with Gasteiger partial charge in [0, 0.05) is 0 Å². The first-order chi connectivity index (χ1) is 8.24. The zero-order valence-corrected chi connectivity index (χ0v) is 9.67. The van der Waals surface area contributed by atoms with Crippen molar-refractivity contribution in [2.45, 2.75) is 32.0 Å². The molecule has 4 unspecified atom stereocenters. The van der Waals surface area contributed by atoms with Crippen molar-refractivity contribution >= 4 is 11.8 Å². The molecule has 17 heavy (non-hydrogen) atoms. The number of imide groups is 1. The van der Waals surface area contributed by atoms with Crippen LogP contribution in [0.3, 0.4) is 0 Å². The van der Waals surface area contributed by atoms with Gasteiger partial charge in [-0.2, -0.15) is 5.06 Å². The molecule has 3 rings (SSSR count). The summed E-state index contributed by atoms with van der Waals surface area (Å²) in [6.07, 6.45) is 5.08. The topological polar surface area (TPSA) is 55.8 Å². The Bertz CT molecular complexity index is 362. The lowest BCUT2D eigenvalue weighted by Gasteiger charge is -2.16. The molecule has 0 aromatic carbocycles. The fourth-order valence-corrected chi connectivity index (χ4v) is 2.70. The van der Waals surface area contributed by atoms with E-state index in [4.69, 9.17) is 9.57 Å². The first-order valence-electron chi connectivity index (χ1n) is 6.08. The lowest BCUT2D eigenvalue weighted by molar-refractivity contribution is -0.192. The predicted molar refractivity (Wildman–Crippen MR) is 57.5 cm³/mol. The minimum atomic E-state index is -0.362. The molecule has 3 aliphatic rings. The summed E-state index contributed by atoms with van der Waals surface area (Å²) in [6.45, 7) is 2.45. The first-order valence-corrected chi connectivity index (χ1v) is 6.08. The summed E-state index contributed by atoms with van der Waals surface area (Å²) in [7, 11) is 0. The van der Waals surface area contributed by atoms with Crippen molar-refractivity contribution in [1.29, 1.82) is 0 Å². The quantitative estimate of drug-likeness (QED) is 0.409. The van der Waals surface area contributed by atoms with Crippen molar-refractivity contribution in [2.24, 2.45) is 11.8 Å². The van der Waals surface area contributed by atoms with Crippen LogP contribution in [0.4, 0.5) is 0 Å². The van der Waals surface area contributed by atoms with E-state index in [-0.39, 0.29) is 35.9 Å². The number of fused-ring (bicyclic) bond motifs is 5. The van der Waals surface area contributed by atoms with Gasteiger partial charge >= 0.3 is 0 Å². The summed E-state index contributed by atoms with van der Waals surface area (Å²) in [5.41, 5.74) is 0. The normalized spacial score (nSPS) is 38.3. The summed E-state index contributed by atoms with van der Waals surface area (Å²) in [5.74, 6) is -1.21. The highest BCUT2D eigenvalue weighted by molar-refractivity contribution is 6.05. The molecule has 3 aliphatic heterocycles. The number of ether oxygens (including phenoxy) is 1. The fraction of sp³-hybridized carbons (Fsp3) is 0.667. The van der Waals surface area contributed by atoms with Gasteiger partial charge in [-0.3, -0.25) is 14.4 Å². The molecule has 0 aromatic heterocycles. The summed E-state index contributed by atoms with van der Waals surface area (Å²) in [6, 6.07) is 0. The van der Waals surface area contributed by atoms with Crippen LogP contribution in [-0.4, -0.2) is 35.7 Å². The largest absolute Gasteiger partial charge is 0.365 e. The van der Waals surface area contributed by atoms with E-state index in [2.05, 4.69) is 0 Å². The highest BCUT2D eigenvalue weighted by Gasteiger charge is 2.61. The number of hydrogen-bond acceptors (Lipinski definition) is 4. The maximum Gasteiger partial charge on any atom is 0.260 e. The molecule has 0 aromatic rings. The van der Waals surface area contributed by atoms with E-state index in [9.17, 15) is 9.59 Å². The molecule has 2 fully saturated rings. The lowest BCUT2D eigenvalue weighted by atomic mass is 9.85. The zero-order chi connectivity index (χ0) is 12.0. The van der Waals surface area contributed by atoms with Crippen LogP contribution in [0, 0.1) is 11.8 Å². The van der Waals surface area contributed by atoms with Crippen molar-refractivity contribution in [2.75, 3.05) is 6.61 Å². The summed E-state index contributed by atoms with van der Waals surface area (Å²) in [4.78, 5) is 29.4. The molecular formula is C12H15NO4. The third kappa shape index (κ3) is 1.46. The molecule has 2 bridgehead atoms. The van der Waals surface area contributed by atoms with Gasteiger partial charge in [0.05, 0.1) is 30.7 Å². The highest BCUT2D eigenvalue weighted by Crippen LogP contribution is 2.45. The van der Waals surface area contributed by atoms with Crippen LogP contribution in [0.1, 0.15) is 19.8 Å². The Morgan fingerprint density at radius 2 is 1.82 bits per heavy atom. The summed E-state index contributed by atoms with van der Waals surface area (Å²) in [5, 5.41) is 0.959. The first kappa shape index (κ1) is 10.9. The summed E-state index contributed by atoms with van der Waals surface area (Å²) < 4.78 is 5.52. The van der Waals surface area contributed by atoms with Crippen LogP contribution < -0.4 is 0 Å². The van der Waals surface area contributed by atoms with Crippen LogP contribution in [0.15, 0.2) is 12.2 Å². The zero-order valence-electron chi connectivity index (χ0n) is 9.67. The average Bonchev–Trinajstić information content (AvgIpc) is 2.97. The van der Waals surface area contributed by atoms with E-state index in [0.717, 1.165) is 17.9 Å². The molecule has 0 aliphatic carbocycles. The Hall–Kier alpha value is -1.20. The second kappa shape index (κ2) is 3.92. The lowest BCUT2D eigenvalue weighted by Crippen LogP contribution is -2.34. The monoisotopic (exact) mass is 237 g/mol. The molecule has 0 N–H and O–H groups in total. The smallest absolute Gasteiger partial charge is 0.260 e. The molecule has 0 radical (unpaired) electrons. The Morgan fingerprint density at radius 3 is 2.35 bits per heavy atom. The van der Waals surface area contributed by atoms with Gasteiger partial charge in [0.1, 0.15) is 0 Å². The van der Waals surface area contributed by atoms with Crippen molar-refractivity contribution in [3.05, 3.63) is 12.2 Å². The highest BCUT2D eigenvalue weighted by atomic mass is 16.7. The van der Waals surface area contributed by atoms with E-state index in [1.807, 2.05) is 19.1 Å². The number of unbranched alkanes of at least 4 members (excludes halogenated alkanes) is 1. The van der Waals surface area contributed by atoms with E-state index >= 15 is 0 Å². The second-order valence-corrected chi connectivity index (χ2v) is 4.66. The van der Waals surface area contributed by atoms with Gasteiger partial charge in [0.2, 0.25) is 0 Å². The molecule has 5 heteroatoms. The number of amides is 2. The van der Waals surface area contributed by atoms with Crippen LogP contribution in [0.2, 0.25) is 0 Å². The minimum absolute atomic E-state index is 0.235. The second-order valence-electron chi connectivity index (χ2n) is 4.66. The average molecular weight is 237 g/mol. The standard InChI is InChI=1S/C12H15NO4/c1-2-3-6-16-13-11(14)9-7-4-5-8(17-7)10(9)12(13)15/h4-5,7-10H,2-3,6H2,1H3. The van der Waals surface area contributed by atoms with Gasteiger partial charge < -0.3 is 4.74 Å². The Kier molecular flexibility index (Phi) is 2.52. The van der Waals surface area contributed by atoms with Gasteiger partial charge in [-0.05, 0) is 6.42 Å². The van der Waals surface area contributed by atoms with Crippen molar-refractivity contribution in [3.8, 4) is 0 Å². The maximum atomic E-state index is 12.0. The number of nitrogens with zero attached hydrogens (tertiary/aromatic N) is 1. The molecule has 0 spiro atoms. The van der Waals surface area contributed by atoms with Gasteiger partial charge in [-0.25, -0.2) is 0 Å². The fourth-order valence-electron chi connectivity index (χ4n) is 2.70. The number of hydroxylamine groups is 2. The van der Waals surface area contributed by atoms with Crippen LogP contribution >= 0.6 is 0 Å². The van der Waals surface area contributed by atoms with Crippen molar-refractivity contribution < 1.29 is 19.2 Å². The number of carbonyl (C=O) groups excluding carboxylic acids is 2. The van der Waals surface area contributed by atoms with Crippen LogP contribution in [0.25, 0.3) is 0 Å².